The molecule has 0 bridgehead atoms. The Bertz CT molecular complexity index is 426. The van der Waals surface area contributed by atoms with E-state index < -0.39 is 12.1 Å². The minimum Gasteiger partial charge on any atom is -0.475 e. The molecule has 0 rings (SSSR count). The molecule has 0 spiro atoms. The second-order valence-electron chi connectivity index (χ2n) is 10.1. The summed E-state index contributed by atoms with van der Waals surface area (Å²) < 4.78 is 31.7. The lowest BCUT2D eigenvalue weighted by Gasteiger charge is -2.30. The first-order chi connectivity index (χ1) is 16.1. The molecule has 1 atom stereocenters. The number of hydrogen-bond donors (Lipinski definition) is 1. The van der Waals surface area contributed by atoms with Crippen LogP contribution in [0.3, 0.4) is 0 Å². The number of aliphatic carboxylic acids is 1. The second-order valence-corrected chi connectivity index (χ2v) is 11.3. The van der Waals surface area contributed by atoms with Crippen LogP contribution in [0.2, 0.25) is 0 Å². The number of rotatable bonds is 22. The Morgan fingerprint density at radius 3 is 0.971 bits per heavy atom. The van der Waals surface area contributed by atoms with Crippen molar-refractivity contribution in [2.75, 3.05) is 0 Å². The van der Waals surface area contributed by atoms with Crippen molar-refractivity contribution >= 4 is 15.2 Å². The highest BCUT2D eigenvalue weighted by Gasteiger charge is 2.38. The molecule has 34 heavy (non-hydrogen) atoms. The molecule has 0 aliphatic rings. The number of alkyl halides is 3. The van der Waals surface area contributed by atoms with E-state index in [2.05, 4.69) is 30.0 Å². The first-order valence-corrected chi connectivity index (χ1v) is 14.8. The molecule has 0 aliphatic carbocycles. The molecule has 0 amide bonds. The summed E-state index contributed by atoms with van der Waals surface area (Å²) in [5.41, 5.74) is 0. The van der Waals surface area contributed by atoms with Crippen LogP contribution in [0.5, 0.6) is 0 Å². The highest BCUT2D eigenvalue weighted by Crippen LogP contribution is 2.37. The van der Waals surface area contributed by atoms with E-state index in [1.807, 2.05) is 0 Å². The van der Waals surface area contributed by atoms with Gasteiger partial charge in [-0.25, -0.2) is 4.79 Å². The van der Waals surface area contributed by atoms with Gasteiger partial charge in [-0.3, -0.25) is 0 Å². The lowest BCUT2D eigenvalue weighted by molar-refractivity contribution is -0.192. The van der Waals surface area contributed by atoms with Crippen molar-refractivity contribution < 1.29 is 23.1 Å². The molecular formula is C28H56F3O2P. The van der Waals surface area contributed by atoms with Gasteiger partial charge in [0.1, 0.15) is 0 Å². The second kappa shape index (κ2) is 24.4. The highest BCUT2D eigenvalue weighted by atomic mass is 31.0. The van der Waals surface area contributed by atoms with Gasteiger partial charge in [-0.2, -0.15) is 13.2 Å². The Morgan fingerprint density at radius 1 is 0.559 bits per heavy atom. The number of halogens is 3. The third-order valence-corrected chi connectivity index (χ3v) is 7.44. The molecule has 0 saturated heterocycles. The maximum absolute atomic E-state index is 10.6. The van der Waals surface area contributed by atoms with Crippen molar-refractivity contribution in [3.8, 4) is 0 Å². The Hall–Kier alpha value is -0.310. The number of carboxylic acids is 1. The molecule has 0 aliphatic heterocycles. The van der Waals surface area contributed by atoms with Gasteiger partial charge in [0.15, 0.2) is 0 Å². The van der Waals surface area contributed by atoms with E-state index in [4.69, 9.17) is 9.90 Å². The molecule has 0 aromatic carbocycles. The van der Waals surface area contributed by atoms with Crippen LogP contribution in [-0.2, 0) is 4.79 Å². The first-order valence-electron chi connectivity index (χ1n) is 14.2. The normalized spacial score (nSPS) is 11.9. The first kappa shape index (κ1) is 35.8. The predicted molar refractivity (Wildman–Crippen MR) is 145 cm³/mol. The van der Waals surface area contributed by atoms with Crippen LogP contribution in [0, 0.1) is 0 Å². The molecule has 0 saturated carbocycles. The number of carboxylic acid groups (broad SMARTS) is 1. The van der Waals surface area contributed by atoms with E-state index in [1.165, 1.54) is 141 Å². The van der Waals surface area contributed by atoms with Gasteiger partial charge in [-0.1, -0.05) is 143 Å². The zero-order valence-electron chi connectivity index (χ0n) is 22.6. The topological polar surface area (TPSA) is 37.3 Å². The highest BCUT2D eigenvalue weighted by molar-refractivity contribution is 7.19. The summed E-state index contributed by atoms with van der Waals surface area (Å²) in [6, 6.07) is 0. The third kappa shape index (κ3) is 26.3. The van der Waals surface area contributed by atoms with Gasteiger partial charge >= 0.3 is 12.1 Å². The zero-order chi connectivity index (χ0) is 26.1. The monoisotopic (exact) mass is 512 g/mol. The van der Waals surface area contributed by atoms with E-state index in [1.54, 1.807) is 0 Å². The van der Waals surface area contributed by atoms with Crippen LogP contribution in [0.15, 0.2) is 0 Å². The number of unbranched alkanes of at least 4 members (excludes halogenated alkanes) is 16. The van der Waals surface area contributed by atoms with Crippen LogP contribution >= 0.6 is 9.24 Å². The Kier molecular flexibility index (Phi) is 25.7. The summed E-state index contributed by atoms with van der Waals surface area (Å²) in [7, 11) is 3.35. The van der Waals surface area contributed by atoms with Crippen molar-refractivity contribution in [2.45, 2.75) is 173 Å². The average molecular weight is 513 g/mol. The van der Waals surface area contributed by atoms with E-state index in [9.17, 15) is 13.2 Å². The predicted octanol–water partition coefficient (Wildman–Crippen LogP) is 10.9. The summed E-state index contributed by atoms with van der Waals surface area (Å²) in [5, 5.41) is 7.68. The Morgan fingerprint density at radius 2 is 0.765 bits per heavy atom. The van der Waals surface area contributed by atoms with Crippen molar-refractivity contribution in [1.29, 1.82) is 0 Å². The van der Waals surface area contributed by atoms with Gasteiger partial charge in [0.25, 0.3) is 0 Å². The quantitative estimate of drug-likeness (QED) is 0.116. The molecule has 1 N–H and O–H groups in total. The molecule has 0 radical (unpaired) electrons. The van der Waals surface area contributed by atoms with Crippen molar-refractivity contribution in [3.63, 3.8) is 0 Å². The van der Waals surface area contributed by atoms with Crippen molar-refractivity contribution in [2.24, 2.45) is 0 Å². The summed E-state index contributed by atoms with van der Waals surface area (Å²) in [4.78, 5) is 8.90. The molecule has 2 nitrogen and oxygen atoms in total. The maximum Gasteiger partial charge on any atom is 0.490 e. The van der Waals surface area contributed by atoms with Crippen LogP contribution in [0.1, 0.15) is 162 Å². The van der Waals surface area contributed by atoms with Gasteiger partial charge in [0, 0.05) is 0 Å². The van der Waals surface area contributed by atoms with Gasteiger partial charge in [0.05, 0.1) is 0 Å². The SMILES string of the molecule is CCCCCCCCCC(P)(CCCCCCCC)CCCCCCCC.O=C(O)C(F)(F)F. The average Bonchev–Trinajstić information content (AvgIpc) is 2.78. The van der Waals surface area contributed by atoms with E-state index in [0.29, 0.717) is 5.16 Å². The molecule has 0 aromatic heterocycles. The van der Waals surface area contributed by atoms with Crippen molar-refractivity contribution in [3.05, 3.63) is 0 Å². The lowest BCUT2D eigenvalue weighted by atomic mass is 9.88. The molecular weight excluding hydrogens is 456 g/mol. The standard InChI is InChI=1S/C26H55P.C2HF3O2/c1-4-7-10-13-16-19-22-25-26(27,23-20-17-14-11-8-5-2)24-21-18-15-12-9-6-3;3-2(4,5)1(6)7/h4-25,27H2,1-3H3;(H,6,7). The Labute approximate surface area is 211 Å². The summed E-state index contributed by atoms with van der Waals surface area (Å²) >= 11 is 0. The van der Waals surface area contributed by atoms with E-state index in [0.717, 1.165) is 0 Å². The Balaban J connectivity index is 0. The number of hydrogen-bond acceptors (Lipinski definition) is 1. The van der Waals surface area contributed by atoms with Gasteiger partial charge in [-0.15, -0.1) is 9.24 Å². The van der Waals surface area contributed by atoms with Crippen LogP contribution in [0.4, 0.5) is 13.2 Å². The van der Waals surface area contributed by atoms with Crippen LogP contribution < -0.4 is 0 Å². The fourth-order valence-corrected chi connectivity index (χ4v) is 4.94. The van der Waals surface area contributed by atoms with E-state index in [-0.39, 0.29) is 0 Å². The molecule has 6 heteroatoms. The fourth-order valence-electron chi connectivity index (χ4n) is 4.32. The van der Waals surface area contributed by atoms with Crippen LogP contribution in [-0.4, -0.2) is 22.4 Å². The van der Waals surface area contributed by atoms with Crippen molar-refractivity contribution in [1.82, 2.24) is 0 Å². The molecule has 0 heterocycles. The smallest absolute Gasteiger partial charge is 0.475 e. The van der Waals surface area contributed by atoms with Gasteiger partial charge in [-0.05, 0) is 24.4 Å². The molecule has 1 unspecified atom stereocenters. The minimum absolute atomic E-state index is 0.554. The minimum atomic E-state index is -5.08. The fraction of sp³-hybridized carbons (Fsp3) is 0.964. The summed E-state index contributed by atoms with van der Waals surface area (Å²) in [5.74, 6) is -2.76. The summed E-state index contributed by atoms with van der Waals surface area (Å²) in [6.07, 6.45) is 26.7. The summed E-state index contributed by atoms with van der Waals surface area (Å²) in [6.45, 7) is 6.94. The van der Waals surface area contributed by atoms with Crippen LogP contribution in [0.25, 0.3) is 0 Å². The molecule has 0 aromatic rings. The maximum atomic E-state index is 10.6. The number of carbonyl (C=O) groups is 1. The van der Waals surface area contributed by atoms with E-state index >= 15 is 0 Å². The lowest BCUT2D eigenvalue weighted by Crippen LogP contribution is -2.21. The van der Waals surface area contributed by atoms with Gasteiger partial charge < -0.3 is 5.11 Å². The third-order valence-electron chi connectivity index (χ3n) is 6.58. The largest absolute Gasteiger partial charge is 0.490 e. The van der Waals surface area contributed by atoms with Gasteiger partial charge in [0.2, 0.25) is 0 Å². The molecule has 0 fully saturated rings. The molecule has 206 valence electrons. The zero-order valence-corrected chi connectivity index (χ0v) is 23.8.